The summed E-state index contributed by atoms with van der Waals surface area (Å²) >= 11 is 0. The summed E-state index contributed by atoms with van der Waals surface area (Å²) in [6, 6.07) is 7.81. The second-order valence-electron chi connectivity index (χ2n) is 6.50. The molecule has 0 aromatic heterocycles. The van der Waals surface area contributed by atoms with Crippen LogP contribution >= 0.6 is 0 Å². The zero-order chi connectivity index (χ0) is 13.6. The minimum Gasteiger partial charge on any atom is -0.508 e. The lowest BCUT2D eigenvalue weighted by atomic mass is 9.84. The lowest BCUT2D eigenvalue weighted by Gasteiger charge is -2.22. The fourth-order valence-corrected chi connectivity index (χ4v) is 2.52. The van der Waals surface area contributed by atoms with Gasteiger partial charge in [-0.2, -0.15) is 0 Å². The molecule has 0 aliphatic rings. The second kappa shape index (κ2) is 6.82. The van der Waals surface area contributed by atoms with Gasteiger partial charge < -0.3 is 5.11 Å². The van der Waals surface area contributed by atoms with Crippen molar-refractivity contribution in [2.45, 2.75) is 65.7 Å². The summed E-state index contributed by atoms with van der Waals surface area (Å²) in [5, 5.41) is 9.97. The highest BCUT2D eigenvalue weighted by Gasteiger charge is 2.16. The van der Waals surface area contributed by atoms with Gasteiger partial charge in [-0.1, -0.05) is 58.7 Å². The quantitative estimate of drug-likeness (QED) is 0.705. The predicted octanol–water partition coefficient (Wildman–Crippen LogP) is 5.49. The Morgan fingerprint density at radius 3 is 2.33 bits per heavy atom. The van der Waals surface area contributed by atoms with Crippen LogP contribution in [0.4, 0.5) is 0 Å². The van der Waals surface area contributed by atoms with Crippen molar-refractivity contribution in [3.05, 3.63) is 29.8 Å². The Bertz CT molecular complexity index is 349. The summed E-state index contributed by atoms with van der Waals surface area (Å²) in [6.45, 7) is 9.10. The predicted molar refractivity (Wildman–Crippen MR) is 79.1 cm³/mol. The number of para-hydroxylation sites is 1. The largest absolute Gasteiger partial charge is 0.508 e. The smallest absolute Gasteiger partial charge is 0.119 e. The minimum atomic E-state index is 0.412. The van der Waals surface area contributed by atoms with Gasteiger partial charge in [0.2, 0.25) is 0 Å². The van der Waals surface area contributed by atoms with Gasteiger partial charge >= 0.3 is 0 Å². The minimum absolute atomic E-state index is 0.412. The molecule has 1 nitrogen and oxygen atoms in total. The van der Waals surface area contributed by atoms with Crippen LogP contribution in [0.15, 0.2) is 24.3 Å². The average molecular weight is 248 g/mol. The van der Waals surface area contributed by atoms with Crippen LogP contribution < -0.4 is 0 Å². The molecule has 18 heavy (non-hydrogen) atoms. The fourth-order valence-electron chi connectivity index (χ4n) is 2.52. The first-order chi connectivity index (χ1) is 8.44. The standard InChI is InChI=1S/C17H28O/c1-5-9-14(10-8-13-17(2,3)4)15-11-6-7-12-16(15)18/h6-7,11-12,14,18H,5,8-10,13H2,1-4H3. The Kier molecular flexibility index (Phi) is 5.71. The summed E-state index contributed by atoms with van der Waals surface area (Å²) in [6.07, 6.45) is 6.02. The molecule has 0 heterocycles. The molecule has 1 heteroatoms. The molecule has 0 aliphatic heterocycles. The van der Waals surface area contributed by atoms with Crippen molar-refractivity contribution in [2.24, 2.45) is 5.41 Å². The molecule has 0 bridgehead atoms. The number of phenolic OH excluding ortho intramolecular Hbond substituents is 1. The van der Waals surface area contributed by atoms with E-state index in [1.807, 2.05) is 18.2 Å². The van der Waals surface area contributed by atoms with Gasteiger partial charge in [0, 0.05) is 0 Å². The summed E-state index contributed by atoms with van der Waals surface area (Å²) in [4.78, 5) is 0. The van der Waals surface area contributed by atoms with Crippen LogP contribution in [0.1, 0.15) is 71.3 Å². The van der Waals surface area contributed by atoms with E-state index in [0.29, 0.717) is 17.1 Å². The van der Waals surface area contributed by atoms with Crippen LogP contribution in [0.3, 0.4) is 0 Å². The van der Waals surface area contributed by atoms with Gasteiger partial charge in [-0.3, -0.25) is 0 Å². The third kappa shape index (κ3) is 5.12. The average Bonchev–Trinajstić information content (AvgIpc) is 2.27. The molecule has 0 aliphatic carbocycles. The number of hydrogen-bond acceptors (Lipinski definition) is 1. The molecule has 1 atom stereocenters. The lowest BCUT2D eigenvalue weighted by molar-refractivity contribution is 0.348. The van der Waals surface area contributed by atoms with E-state index in [1.165, 1.54) is 32.1 Å². The maximum Gasteiger partial charge on any atom is 0.119 e. The number of phenols is 1. The molecule has 0 amide bonds. The van der Waals surface area contributed by atoms with Crippen molar-refractivity contribution < 1.29 is 5.11 Å². The Hall–Kier alpha value is -0.980. The molecule has 1 N–H and O–H groups in total. The van der Waals surface area contributed by atoms with Crippen LogP contribution in [0.2, 0.25) is 0 Å². The fraction of sp³-hybridized carbons (Fsp3) is 0.647. The van der Waals surface area contributed by atoms with Crippen molar-refractivity contribution in [1.82, 2.24) is 0 Å². The number of hydrogen-bond donors (Lipinski definition) is 1. The van der Waals surface area contributed by atoms with Gasteiger partial charge in [-0.25, -0.2) is 0 Å². The summed E-state index contributed by atoms with van der Waals surface area (Å²) in [5.74, 6) is 0.977. The molecule has 1 unspecified atom stereocenters. The van der Waals surface area contributed by atoms with Crippen LogP contribution in [-0.2, 0) is 0 Å². The van der Waals surface area contributed by atoms with Gasteiger partial charge in [-0.15, -0.1) is 0 Å². The monoisotopic (exact) mass is 248 g/mol. The highest BCUT2D eigenvalue weighted by atomic mass is 16.3. The summed E-state index contributed by atoms with van der Waals surface area (Å²) < 4.78 is 0. The van der Waals surface area contributed by atoms with Crippen molar-refractivity contribution in [3.63, 3.8) is 0 Å². The van der Waals surface area contributed by atoms with Crippen LogP contribution in [0.5, 0.6) is 5.75 Å². The van der Waals surface area contributed by atoms with E-state index in [9.17, 15) is 5.11 Å². The molecule has 102 valence electrons. The molecule has 0 saturated heterocycles. The van der Waals surface area contributed by atoms with Gasteiger partial charge in [0.25, 0.3) is 0 Å². The maximum atomic E-state index is 9.97. The molecule has 1 aromatic carbocycles. The SMILES string of the molecule is CCCC(CCCC(C)(C)C)c1ccccc1O. The number of aromatic hydroxyl groups is 1. The third-order valence-electron chi connectivity index (χ3n) is 3.49. The van der Waals surface area contributed by atoms with E-state index in [4.69, 9.17) is 0 Å². The number of rotatable bonds is 6. The molecule has 0 spiro atoms. The second-order valence-corrected chi connectivity index (χ2v) is 6.50. The Balaban J connectivity index is 2.63. The van der Waals surface area contributed by atoms with Gasteiger partial charge in [0.15, 0.2) is 0 Å². The molecule has 1 rings (SSSR count). The Morgan fingerprint density at radius 2 is 1.78 bits per heavy atom. The molecule has 1 aromatic rings. The Labute approximate surface area is 112 Å². The van der Waals surface area contributed by atoms with E-state index in [0.717, 1.165) is 5.56 Å². The van der Waals surface area contributed by atoms with Crippen molar-refractivity contribution in [1.29, 1.82) is 0 Å². The van der Waals surface area contributed by atoms with Gasteiger partial charge in [0.05, 0.1) is 0 Å². The van der Waals surface area contributed by atoms with Gasteiger partial charge in [-0.05, 0) is 42.2 Å². The third-order valence-corrected chi connectivity index (χ3v) is 3.49. The molecule has 0 fully saturated rings. The number of benzene rings is 1. The first-order valence-corrected chi connectivity index (χ1v) is 7.22. The first kappa shape index (κ1) is 15.1. The van der Waals surface area contributed by atoms with E-state index < -0.39 is 0 Å². The van der Waals surface area contributed by atoms with Crippen molar-refractivity contribution >= 4 is 0 Å². The van der Waals surface area contributed by atoms with Crippen molar-refractivity contribution in [3.8, 4) is 5.75 Å². The van der Waals surface area contributed by atoms with E-state index in [-0.39, 0.29) is 0 Å². The normalized spacial score (nSPS) is 13.6. The summed E-state index contributed by atoms with van der Waals surface area (Å²) in [7, 11) is 0. The topological polar surface area (TPSA) is 20.2 Å². The molecule has 0 radical (unpaired) electrons. The van der Waals surface area contributed by atoms with Crippen molar-refractivity contribution in [2.75, 3.05) is 0 Å². The first-order valence-electron chi connectivity index (χ1n) is 7.22. The van der Waals surface area contributed by atoms with Crippen LogP contribution in [-0.4, -0.2) is 5.11 Å². The van der Waals surface area contributed by atoms with E-state index >= 15 is 0 Å². The molecular weight excluding hydrogens is 220 g/mol. The summed E-state index contributed by atoms with van der Waals surface area (Å²) in [5.41, 5.74) is 1.54. The van der Waals surface area contributed by atoms with Crippen LogP contribution in [0.25, 0.3) is 0 Å². The maximum absolute atomic E-state index is 9.97. The Morgan fingerprint density at radius 1 is 1.11 bits per heavy atom. The molecule has 0 saturated carbocycles. The zero-order valence-electron chi connectivity index (χ0n) is 12.4. The van der Waals surface area contributed by atoms with Crippen LogP contribution in [0, 0.1) is 5.41 Å². The zero-order valence-corrected chi connectivity index (χ0v) is 12.4. The molecular formula is C17H28O. The lowest BCUT2D eigenvalue weighted by Crippen LogP contribution is -2.06. The van der Waals surface area contributed by atoms with Gasteiger partial charge in [0.1, 0.15) is 5.75 Å². The highest BCUT2D eigenvalue weighted by molar-refractivity contribution is 5.34. The highest BCUT2D eigenvalue weighted by Crippen LogP contribution is 2.34. The van der Waals surface area contributed by atoms with E-state index in [1.54, 1.807) is 0 Å². The van der Waals surface area contributed by atoms with E-state index in [2.05, 4.69) is 33.8 Å².